The quantitative estimate of drug-likeness (QED) is 0.582. The second kappa shape index (κ2) is 8.37. The van der Waals surface area contributed by atoms with E-state index in [9.17, 15) is 18.4 Å². The second-order valence-corrected chi connectivity index (χ2v) is 9.14. The van der Waals surface area contributed by atoms with E-state index in [4.69, 9.17) is 9.47 Å². The summed E-state index contributed by atoms with van der Waals surface area (Å²) in [6.45, 7) is 0.759. The molecule has 0 atom stereocenters. The van der Waals surface area contributed by atoms with Gasteiger partial charge in [-0.2, -0.15) is 5.10 Å². The van der Waals surface area contributed by atoms with Crippen molar-refractivity contribution in [3.63, 3.8) is 0 Å². The normalized spacial score (nSPS) is 17.3. The lowest BCUT2D eigenvalue weighted by Gasteiger charge is -2.39. The third kappa shape index (κ3) is 4.20. The van der Waals surface area contributed by atoms with E-state index >= 15 is 0 Å². The summed E-state index contributed by atoms with van der Waals surface area (Å²) < 4.78 is 41.8. The Bertz CT molecular complexity index is 1330. The van der Waals surface area contributed by atoms with E-state index in [1.807, 2.05) is 10.9 Å². The number of amides is 2. The highest BCUT2D eigenvalue weighted by atomic mass is 19.1. The number of nitrogens with zero attached hydrogens (tertiary/aromatic N) is 3. The summed E-state index contributed by atoms with van der Waals surface area (Å²) in [4.78, 5) is 25.7. The number of benzene rings is 2. The predicted molar refractivity (Wildman–Crippen MR) is 121 cm³/mol. The molecular formula is C25H22F2N4O4. The molecule has 1 N–H and O–H groups in total. The number of carbonyl (C=O) groups is 2. The first kappa shape index (κ1) is 21.6. The number of carbonyl (C=O) groups excluding carboxylic acids is 2. The Hall–Kier alpha value is -3.95. The van der Waals surface area contributed by atoms with Crippen LogP contribution in [-0.4, -0.2) is 52.8 Å². The van der Waals surface area contributed by atoms with Crippen LogP contribution in [0.2, 0.25) is 0 Å². The summed E-state index contributed by atoms with van der Waals surface area (Å²) in [5.41, 5.74) is 1.72. The van der Waals surface area contributed by atoms with Crippen LogP contribution in [0.5, 0.6) is 11.5 Å². The van der Waals surface area contributed by atoms with Gasteiger partial charge in [-0.05, 0) is 36.6 Å². The third-order valence-electron chi connectivity index (χ3n) is 6.44. The number of anilines is 1. The van der Waals surface area contributed by atoms with Crippen molar-refractivity contribution in [3.8, 4) is 22.6 Å². The Labute approximate surface area is 199 Å². The molecule has 180 valence electrons. The van der Waals surface area contributed by atoms with Crippen LogP contribution in [-0.2, 0) is 4.79 Å². The summed E-state index contributed by atoms with van der Waals surface area (Å²) in [5, 5.41) is 6.91. The highest BCUT2D eigenvalue weighted by molar-refractivity contribution is 6.00. The number of aromatic nitrogens is 2. The van der Waals surface area contributed by atoms with Gasteiger partial charge in [0.15, 0.2) is 18.2 Å². The SMILES string of the molecule is O=C1COc2cc(F)c(C(=O)N3CC(COc4ccc(-c5cnn(C6CC6)c5)cc4F)C3)cc2N1. The van der Waals surface area contributed by atoms with Gasteiger partial charge >= 0.3 is 0 Å². The molecule has 3 heterocycles. The average Bonchev–Trinajstić information content (AvgIpc) is 3.55. The van der Waals surface area contributed by atoms with Gasteiger partial charge in [-0.1, -0.05) is 6.07 Å². The van der Waals surface area contributed by atoms with E-state index in [2.05, 4.69) is 10.4 Å². The summed E-state index contributed by atoms with van der Waals surface area (Å²) in [7, 11) is 0. The van der Waals surface area contributed by atoms with E-state index in [0.29, 0.717) is 19.1 Å². The van der Waals surface area contributed by atoms with E-state index < -0.39 is 17.5 Å². The predicted octanol–water partition coefficient (Wildman–Crippen LogP) is 3.65. The lowest BCUT2D eigenvalue weighted by Crippen LogP contribution is -2.52. The Balaban J connectivity index is 1.04. The summed E-state index contributed by atoms with van der Waals surface area (Å²) >= 11 is 0. The minimum absolute atomic E-state index is 0.00137. The standard InChI is InChI=1S/C25H22F2N4O4/c26-19-7-23-21(29-24(32)13-35-23)6-18(19)25(33)30-9-14(10-30)12-34-22-4-1-15(5-20(22)27)16-8-28-31(11-16)17-2-3-17/h1,4-8,11,14,17H,2-3,9-10,12-13H2,(H,29,32). The summed E-state index contributed by atoms with van der Waals surface area (Å²) in [6.07, 6.45) is 5.92. The monoisotopic (exact) mass is 480 g/mol. The van der Waals surface area contributed by atoms with Crippen LogP contribution < -0.4 is 14.8 Å². The molecule has 2 amide bonds. The molecule has 2 aromatic carbocycles. The van der Waals surface area contributed by atoms with E-state index in [1.54, 1.807) is 18.3 Å². The molecule has 1 aromatic heterocycles. The highest BCUT2D eigenvalue weighted by Gasteiger charge is 2.34. The number of nitrogens with one attached hydrogen (secondary N) is 1. The maximum Gasteiger partial charge on any atom is 0.262 e. The minimum atomic E-state index is -0.713. The zero-order valence-corrected chi connectivity index (χ0v) is 18.7. The van der Waals surface area contributed by atoms with Crippen molar-refractivity contribution in [3.05, 3.63) is 59.9 Å². The molecule has 0 radical (unpaired) electrons. The lowest BCUT2D eigenvalue weighted by molar-refractivity contribution is -0.118. The number of rotatable bonds is 6. The van der Waals surface area contributed by atoms with E-state index in [1.165, 1.54) is 17.0 Å². The lowest BCUT2D eigenvalue weighted by atomic mass is 9.99. The van der Waals surface area contributed by atoms with Gasteiger partial charge in [-0.25, -0.2) is 8.78 Å². The second-order valence-electron chi connectivity index (χ2n) is 9.14. The van der Waals surface area contributed by atoms with Crippen LogP contribution in [0, 0.1) is 17.6 Å². The molecule has 1 aliphatic carbocycles. The third-order valence-corrected chi connectivity index (χ3v) is 6.44. The van der Waals surface area contributed by atoms with Crippen molar-refractivity contribution in [2.75, 3.05) is 31.6 Å². The fraction of sp³-hybridized carbons (Fsp3) is 0.320. The molecule has 35 heavy (non-hydrogen) atoms. The van der Waals surface area contributed by atoms with Crippen LogP contribution in [0.1, 0.15) is 29.2 Å². The van der Waals surface area contributed by atoms with Crippen molar-refractivity contribution in [1.82, 2.24) is 14.7 Å². The highest BCUT2D eigenvalue weighted by Crippen LogP contribution is 2.36. The Morgan fingerprint density at radius 3 is 2.74 bits per heavy atom. The zero-order valence-electron chi connectivity index (χ0n) is 18.7. The molecule has 0 bridgehead atoms. The van der Waals surface area contributed by atoms with Gasteiger partial charge in [0.25, 0.3) is 11.8 Å². The van der Waals surface area contributed by atoms with Crippen molar-refractivity contribution < 1.29 is 27.8 Å². The van der Waals surface area contributed by atoms with Crippen LogP contribution in [0.25, 0.3) is 11.1 Å². The summed E-state index contributed by atoms with van der Waals surface area (Å²) in [5.74, 6) is -1.69. The van der Waals surface area contributed by atoms with Gasteiger partial charge in [-0.15, -0.1) is 0 Å². The Morgan fingerprint density at radius 1 is 1.14 bits per heavy atom. The topological polar surface area (TPSA) is 85.7 Å². The van der Waals surface area contributed by atoms with Crippen LogP contribution >= 0.6 is 0 Å². The molecule has 8 nitrogen and oxygen atoms in total. The average molecular weight is 480 g/mol. The van der Waals surface area contributed by atoms with Crippen LogP contribution in [0.4, 0.5) is 14.5 Å². The smallest absolute Gasteiger partial charge is 0.262 e. The number of fused-ring (bicyclic) bond motifs is 1. The maximum absolute atomic E-state index is 14.6. The molecule has 2 fully saturated rings. The number of hydrogen-bond acceptors (Lipinski definition) is 5. The number of hydrogen-bond donors (Lipinski definition) is 1. The minimum Gasteiger partial charge on any atom is -0.490 e. The first-order valence-electron chi connectivity index (χ1n) is 11.5. The summed E-state index contributed by atoms with van der Waals surface area (Å²) in [6, 6.07) is 7.68. The van der Waals surface area contributed by atoms with Gasteiger partial charge in [0, 0.05) is 36.8 Å². The molecule has 6 rings (SSSR count). The largest absolute Gasteiger partial charge is 0.490 e. The van der Waals surface area contributed by atoms with Crippen molar-refractivity contribution in [1.29, 1.82) is 0 Å². The molecule has 1 saturated carbocycles. The molecular weight excluding hydrogens is 458 g/mol. The first-order valence-corrected chi connectivity index (χ1v) is 11.5. The van der Waals surface area contributed by atoms with Gasteiger partial charge in [-0.3, -0.25) is 14.3 Å². The van der Waals surface area contributed by atoms with Crippen LogP contribution in [0.15, 0.2) is 42.7 Å². The molecule has 2 aliphatic heterocycles. The molecule has 0 unspecified atom stereocenters. The van der Waals surface area contributed by atoms with Gasteiger partial charge in [0.2, 0.25) is 0 Å². The molecule has 3 aromatic rings. The molecule has 10 heteroatoms. The fourth-order valence-electron chi connectivity index (χ4n) is 4.31. The van der Waals surface area contributed by atoms with Gasteiger partial charge in [0.1, 0.15) is 11.6 Å². The van der Waals surface area contributed by atoms with Crippen molar-refractivity contribution in [2.45, 2.75) is 18.9 Å². The number of ether oxygens (including phenoxy) is 2. The number of likely N-dealkylation sites (tertiary alicyclic amines) is 1. The zero-order chi connectivity index (χ0) is 24.1. The van der Waals surface area contributed by atoms with E-state index in [0.717, 1.165) is 30.0 Å². The van der Waals surface area contributed by atoms with E-state index in [-0.39, 0.29) is 47.8 Å². The Morgan fingerprint density at radius 2 is 1.97 bits per heavy atom. The molecule has 1 saturated heterocycles. The maximum atomic E-state index is 14.6. The van der Waals surface area contributed by atoms with Crippen LogP contribution in [0.3, 0.4) is 0 Å². The Kier molecular flexibility index (Phi) is 5.16. The molecule has 3 aliphatic rings. The molecule has 0 spiro atoms. The van der Waals surface area contributed by atoms with Crippen molar-refractivity contribution >= 4 is 17.5 Å². The first-order chi connectivity index (χ1) is 16.9. The van der Waals surface area contributed by atoms with Gasteiger partial charge < -0.3 is 19.7 Å². The fourth-order valence-corrected chi connectivity index (χ4v) is 4.31. The van der Waals surface area contributed by atoms with Crippen molar-refractivity contribution in [2.24, 2.45) is 5.92 Å². The van der Waals surface area contributed by atoms with Gasteiger partial charge in [0.05, 0.1) is 30.1 Å². The number of halogens is 2.